The molecule has 0 aliphatic rings. The number of nitrogens with zero attached hydrogens (tertiary/aromatic N) is 3. The molecule has 0 atom stereocenters. The third-order valence-corrected chi connectivity index (χ3v) is 3.68. The molecule has 0 aliphatic heterocycles. The molecule has 3 rings (SSSR count). The number of nitrogens with one attached hydrogen (secondary N) is 2. The molecule has 0 amide bonds. The van der Waals surface area contributed by atoms with Gasteiger partial charge in [-0.2, -0.15) is 10.1 Å². The van der Waals surface area contributed by atoms with Crippen LogP contribution in [0.2, 0.25) is 0 Å². The summed E-state index contributed by atoms with van der Waals surface area (Å²) in [4.78, 5) is 4.44. The van der Waals surface area contributed by atoms with E-state index in [0.29, 0.717) is 18.3 Å². The SMILES string of the molecule is COc1cccc(CCNc2nncc(Nc3cccc(C)c3)n2)c1. The fourth-order valence-electron chi connectivity index (χ4n) is 2.46. The van der Waals surface area contributed by atoms with E-state index in [1.54, 1.807) is 13.3 Å². The van der Waals surface area contributed by atoms with Crippen LogP contribution in [0.25, 0.3) is 0 Å². The minimum absolute atomic E-state index is 0.501. The second-order valence-electron chi connectivity index (χ2n) is 5.69. The Bertz CT molecular complexity index is 837. The Balaban J connectivity index is 1.58. The number of benzene rings is 2. The summed E-state index contributed by atoms with van der Waals surface area (Å²) < 4.78 is 5.24. The first-order valence-electron chi connectivity index (χ1n) is 8.13. The van der Waals surface area contributed by atoms with E-state index >= 15 is 0 Å². The van der Waals surface area contributed by atoms with Crippen molar-refractivity contribution in [1.29, 1.82) is 0 Å². The van der Waals surface area contributed by atoms with Crippen molar-refractivity contribution in [2.45, 2.75) is 13.3 Å². The lowest BCUT2D eigenvalue weighted by Crippen LogP contribution is -2.09. The van der Waals surface area contributed by atoms with Crippen LogP contribution in [-0.4, -0.2) is 28.8 Å². The molecule has 0 fully saturated rings. The summed E-state index contributed by atoms with van der Waals surface area (Å²) in [6.07, 6.45) is 2.45. The molecule has 2 N–H and O–H groups in total. The van der Waals surface area contributed by atoms with Crippen molar-refractivity contribution < 1.29 is 4.74 Å². The second kappa shape index (κ2) is 8.10. The number of rotatable bonds is 7. The summed E-state index contributed by atoms with van der Waals surface area (Å²) >= 11 is 0. The first-order valence-corrected chi connectivity index (χ1v) is 8.13. The van der Waals surface area contributed by atoms with Crippen LogP contribution in [0.1, 0.15) is 11.1 Å². The van der Waals surface area contributed by atoms with Crippen molar-refractivity contribution in [2.24, 2.45) is 0 Å². The lowest BCUT2D eigenvalue weighted by molar-refractivity contribution is 0.414. The van der Waals surface area contributed by atoms with Gasteiger partial charge in [0.25, 0.3) is 0 Å². The Hall–Kier alpha value is -3.15. The Morgan fingerprint density at radius 2 is 1.96 bits per heavy atom. The quantitative estimate of drug-likeness (QED) is 0.687. The molecule has 128 valence electrons. The highest BCUT2D eigenvalue weighted by atomic mass is 16.5. The number of ether oxygens (including phenoxy) is 1. The molecular formula is C19H21N5O. The lowest BCUT2D eigenvalue weighted by atomic mass is 10.1. The second-order valence-corrected chi connectivity index (χ2v) is 5.69. The Morgan fingerprint density at radius 1 is 1.08 bits per heavy atom. The van der Waals surface area contributed by atoms with Crippen LogP contribution in [0.5, 0.6) is 5.75 Å². The summed E-state index contributed by atoms with van der Waals surface area (Å²) in [5.41, 5.74) is 3.35. The highest BCUT2D eigenvalue weighted by Crippen LogP contribution is 2.16. The molecule has 0 radical (unpaired) electrons. The molecule has 3 aromatic rings. The Kier molecular flexibility index (Phi) is 5.41. The smallest absolute Gasteiger partial charge is 0.244 e. The van der Waals surface area contributed by atoms with Crippen molar-refractivity contribution >= 4 is 17.5 Å². The van der Waals surface area contributed by atoms with Gasteiger partial charge in [-0.1, -0.05) is 24.3 Å². The fourth-order valence-corrected chi connectivity index (χ4v) is 2.46. The zero-order chi connectivity index (χ0) is 17.5. The zero-order valence-corrected chi connectivity index (χ0v) is 14.4. The van der Waals surface area contributed by atoms with Gasteiger partial charge in [-0.15, -0.1) is 5.10 Å². The first kappa shape index (κ1) is 16.7. The Morgan fingerprint density at radius 3 is 2.80 bits per heavy atom. The summed E-state index contributed by atoms with van der Waals surface area (Å²) in [6.45, 7) is 2.76. The lowest BCUT2D eigenvalue weighted by Gasteiger charge is -2.08. The molecule has 0 aliphatic carbocycles. The van der Waals surface area contributed by atoms with Gasteiger partial charge in [0.2, 0.25) is 5.95 Å². The van der Waals surface area contributed by atoms with E-state index in [1.807, 2.05) is 30.3 Å². The topological polar surface area (TPSA) is 72.0 Å². The predicted molar refractivity (Wildman–Crippen MR) is 99.5 cm³/mol. The molecule has 0 saturated heterocycles. The first-order chi connectivity index (χ1) is 12.2. The van der Waals surface area contributed by atoms with Crippen molar-refractivity contribution in [2.75, 3.05) is 24.3 Å². The van der Waals surface area contributed by atoms with E-state index in [0.717, 1.165) is 17.9 Å². The van der Waals surface area contributed by atoms with Gasteiger partial charge in [-0.05, 0) is 48.7 Å². The summed E-state index contributed by atoms with van der Waals surface area (Å²) in [5, 5.41) is 14.5. The van der Waals surface area contributed by atoms with Gasteiger partial charge in [-0.3, -0.25) is 0 Å². The number of hydrogen-bond acceptors (Lipinski definition) is 6. The van der Waals surface area contributed by atoms with Gasteiger partial charge in [0.05, 0.1) is 13.3 Å². The van der Waals surface area contributed by atoms with E-state index in [1.165, 1.54) is 11.1 Å². The van der Waals surface area contributed by atoms with Gasteiger partial charge >= 0.3 is 0 Å². The van der Waals surface area contributed by atoms with Gasteiger partial charge in [0, 0.05) is 12.2 Å². The minimum Gasteiger partial charge on any atom is -0.497 e. The molecule has 6 heteroatoms. The molecule has 6 nitrogen and oxygen atoms in total. The van der Waals surface area contributed by atoms with Crippen LogP contribution in [-0.2, 0) is 6.42 Å². The number of aryl methyl sites for hydroxylation is 1. The molecule has 0 spiro atoms. The van der Waals surface area contributed by atoms with Crippen LogP contribution >= 0.6 is 0 Å². The highest BCUT2D eigenvalue weighted by molar-refractivity contribution is 5.56. The van der Waals surface area contributed by atoms with Crippen LogP contribution in [0.4, 0.5) is 17.5 Å². The van der Waals surface area contributed by atoms with Crippen molar-refractivity contribution in [3.63, 3.8) is 0 Å². The normalized spacial score (nSPS) is 10.3. The summed E-state index contributed by atoms with van der Waals surface area (Å²) in [6, 6.07) is 16.1. The number of hydrogen-bond donors (Lipinski definition) is 2. The molecule has 0 unspecified atom stereocenters. The number of aromatic nitrogens is 3. The highest BCUT2D eigenvalue weighted by Gasteiger charge is 2.02. The molecule has 0 saturated carbocycles. The number of methoxy groups -OCH3 is 1. The summed E-state index contributed by atoms with van der Waals surface area (Å²) in [5.74, 6) is 2.02. The molecule has 0 bridgehead atoms. The van der Waals surface area contributed by atoms with Crippen LogP contribution < -0.4 is 15.4 Å². The van der Waals surface area contributed by atoms with Gasteiger partial charge in [-0.25, -0.2) is 0 Å². The van der Waals surface area contributed by atoms with Gasteiger partial charge in [0.15, 0.2) is 5.82 Å². The molecule has 1 heterocycles. The monoisotopic (exact) mass is 335 g/mol. The Labute approximate surface area is 147 Å². The van der Waals surface area contributed by atoms with Crippen LogP contribution in [0, 0.1) is 6.92 Å². The van der Waals surface area contributed by atoms with E-state index in [2.05, 4.69) is 50.9 Å². The maximum Gasteiger partial charge on any atom is 0.244 e. The van der Waals surface area contributed by atoms with Gasteiger partial charge in [0.1, 0.15) is 5.75 Å². The van der Waals surface area contributed by atoms with E-state index in [-0.39, 0.29) is 0 Å². The maximum atomic E-state index is 5.24. The molecule has 2 aromatic carbocycles. The van der Waals surface area contributed by atoms with E-state index in [9.17, 15) is 0 Å². The van der Waals surface area contributed by atoms with Crippen LogP contribution in [0.15, 0.2) is 54.7 Å². The van der Waals surface area contributed by atoms with E-state index in [4.69, 9.17) is 4.74 Å². The third kappa shape index (κ3) is 4.91. The zero-order valence-electron chi connectivity index (χ0n) is 14.4. The average molecular weight is 335 g/mol. The fraction of sp³-hybridized carbons (Fsp3) is 0.211. The summed E-state index contributed by atoms with van der Waals surface area (Å²) in [7, 11) is 1.67. The average Bonchev–Trinajstić information content (AvgIpc) is 2.62. The van der Waals surface area contributed by atoms with Gasteiger partial charge < -0.3 is 15.4 Å². The predicted octanol–water partition coefficient (Wildman–Crippen LogP) is 3.59. The van der Waals surface area contributed by atoms with Crippen molar-refractivity contribution in [3.8, 4) is 5.75 Å². The van der Waals surface area contributed by atoms with E-state index < -0.39 is 0 Å². The molecule has 25 heavy (non-hydrogen) atoms. The standard InChI is InChI=1S/C19H21N5O/c1-14-5-3-7-16(11-14)22-18-13-21-24-19(23-18)20-10-9-15-6-4-8-17(12-15)25-2/h3-8,11-13H,9-10H2,1-2H3,(H2,20,22,23,24). The van der Waals surface area contributed by atoms with Crippen molar-refractivity contribution in [1.82, 2.24) is 15.2 Å². The largest absolute Gasteiger partial charge is 0.497 e. The number of anilines is 3. The van der Waals surface area contributed by atoms with Crippen LogP contribution in [0.3, 0.4) is 0 Å². The maximum absolute atomic E-state index is 5.24. The van der Waals surface area contributed by atoms with Crippen molar-refractivity contribution in [3.05, 3.63) is 65.9 Å². The minimum atomic E-state index is 0.501. The third-order valence-electron chi connectivity index (χ3n) is 3.68. The molecular weight excluding hydrogens is 314 g/mol. The molecule has 1 aromatic heterocycles.